The van der Waals surface area contributed by atoms with E-state index in [4.69, 9.17) is 10.5 Å². The number of rotatable bonds is 4. The van der Waals surface area contributed by atoms with Crippen LogP contribution in [-0.2, 0) is 0 Å². The van der Waals surface area contributed by atoms with Crippen molar-refractivity contribution in [3.05, 3.63) is 0 Å². The second kappa shape index (κ2) is 4.82. The van der Waals surface area contributed by atoms with Gasteiger partial charge in [-0.2, -0.15) is 0 Å². The van der Waals surface area contributed by atoms with E-state index in [9.17, 15) is 0 Å². The van der Waals surface area contributed by atoms with Crippen LogP contribution in [-0.4, -0.2) is 27.9 Å². The lowest BCUT2D eigenvalue weighted by molar-refractivity contribution is 0.251. The molecule has 0 spiro atoms. The highest BCUT2D eigenvalue weighted by molar-refractivity contribution is 9.10. The number of alkyl halides is 1. The molecule has 3 N–H and O–H groups in total. The van der Waals surface area contributed by atoms with Gasteiger partial charge in [0.15, 0.2) is 0 Å². The van der Waals surface area contributed by atoms with Gasteiger partial charge in [0, 0.05) is 0 Å². The molecule has 0 saturated carbocycles. The van der Waals surface area contributed by atoms with Gasteiger partial charge in [-0.05, 0) is 20.3 Å². The van der Waals surface area contributed by atoms with Crippen molar-refractivity contribution >= 4 is 21.8 Å². The van der Waals surface area contributed by atoms with Gasteiger partial charge in [-0.1, -0.05) is 22.9 Å². The van der Waals surface area contributed by atoms with E-state index in [2.05, 4.69) is 21.2 Å². The summed E-state index contributed by atoms with van der Waals surface area (Å²) in [4.78, 5) is 0. The molecular formula is C8H17BrN2O. The minimum absolute atomic E-state index is 0.00525. The minimum atomic E-state index is -0.338. The second-order valence-electron chi connectivity index (χ2n) is 3.28. The van der Waals surface area contributed by atoms with Crippen LogP contribution >= 0.6 is 15.9 Å². The van der Waals surface area contributed by atoms with E-state index < -0.39 is 0 Å². The molecule has 0 saturated heterocycles. The Balaban J connectivity index is 3.99. The molecule has 0 aliphatic carbocycles. The number of hydrogen-bond acceptors (Lipinski definition) is 2. The number of nitrogens with one attached hydrogen (secondary N) is 2. The number of aliphatic hydroxyl groups excluding tert-OH is 1. The fourth-order valence-electron chi connectivity index (χ4n) is 0.653. The SMILES string of the molecule is CCC(CO)NC(=N)C(C)(C)Br. The summed E-state index contributed by atoms with van der Waals surface area (Å²) in [6.45, 7) is 5.84. The van der Waals surface area contributed by atoms with Crippen LogP contribution in [0.1, 0.15) is 27.2 Å². The van der Waals surface area contributed by atoms with Crippen molar-refractivity contribution in [2.75, 3.05) is 6.61 Å². The lowest BCUT2D eigenvalue weighted by Crippen LogP contribution is -2.44. The Hall–Kier alpha value is -0.0900. The fraction of sp³-hybridized carbons (Fsp3) is 0.875. The lowest BCUT2D eigenvalue weighted by Gasteiger charge is -2.23. The monoisotopic (exact) mass is 236 g/mol. The van der Waals surface area contributed by atoms with E-state index in [1.54, 1.807) is 0 Å². The molecule has 0 heterocycles. The van der Waals surface area contributed by atoms with Gasteiger partial charge in [0.2, 0.25) is 0 Å². The maximum absolute atomic E-state index is 8.87. The summed E-state index contributed by atoms with van der Waals surface area (Å²) in [5, 5.41) is 19.4. The van der Waals surface area contributed by atoms with Gasteiger partial charge in [0.25, 0.3) is 0 Å². The smallest absolute Gasteiger partial charge is 0.110 e. The molecule has 1 atom stereocenters. The summed E-state index contributed by atoms with van der Waals surface area (Å²) in [5.41, 5.74) is 0. The van der Waals surface area contributed by atoms with Crippen LogP contribution in [0.25, 0.3) is 0 Å². The van der Waals surface area contributed by atoms with Crippen LogP contribution in [0.15, 0.2) is 0 Å². The van der Waals surface area contributed by atoms with E-state index in [0.717, 1.165) is 6.42 Å². The molecule has 3 nitrogen and oxygen atoms in total. The number of amidine groups is 1. The van der Waals surface area contributed by atoms with Crippen molar-refractivity contribution in [3.63, 3.8) is 0 Å². The second-order valence-corrected chi connectivity index (χ2v) is 5.26. The first-order valence-electron chi connectivity index (χ1n) is 4.07. The van der Waals surface area contributed by atoms with Crippen LogP contribution in [0, 0.1) is 5.41 Å². The third-order valence-corrected chi connectivity index (χ3v) is 2.05. The number of aliphatic hydroxyl groups is 1. The normalized spacial score (nSPS) is 14.1. The van der Waals surface area contributed by atoms with Gasteiger partial charge >= 0.3 is 0 Å². The third kappa shape index (κ3) is 4.07. The zero-order valence-corrected chi connectivity index (χ0v) is 9.40. The summed E-state index contributed by atoms with van der Waals surface area (Å²) >= 11 is 3.36. The van der Waals surface area contributed by atoms with Crippen molar-refractivity contribution in [3.8, 4) is 0 Å². The van der Waals surface area contributed by atoms with Crippen LogP contribution in [0.2, 0.25) is 0 Å². The molecule has 0 fully saturated rings. The molecule has 0 aliphatic heterocycles. The van der Waals surface area contributed by atoms with E-state index in [1.165, 1.54) is 0 Å². The predicted octanol–water partition coefficient (Wildman–Crippen LogP) is 1.50. The molecule has 0 aliphatic rings. The van der Waals surface area contributed by atoms with Gasteiger partial charge < -0.3 is 10.4 Å². The van der Waals surface area contributed by atoms with Crippen LogP contribution in [0.5, 0.6) is 0 Å². The molecule has 0 radical (unpaired) electrons. The average molecular weight is 237 g/mol. The van der Waals surface area contributed by atoms with Gasteiger partial charge in [-0.15, -0.1) is 0 Å². The number of halogens is 1. The zero-order chi connectivity index (χ0) is 9.78. The Bertz CT molecular complexity index is 150. The van der Waals surface area contributed by atoms with Crippen molar-refractivity contribution in [2.45, 2.75) is 37.6 Å². The third-order valence-electron chi connectivity index (χ3n) is 1.66. The topological polar surface area (TPSA) is 56.1 Å². The Labute approximate surface area is 82.2 Å². The number of hydrogen-bond donors (Lipinski definition) is 3. The molecule has 0 bridgehead atoms. The highest BCUT2D eigenvalue weighted by Crippen LogP contribution is 2.15. The quantitative estimate of drug-likeness (QED) is 0.394. The molecule has 0 amide bonds. The summed E-state index contributed by atoms with van der Waals surface area (Å²) in [6, 6.07) is -0.00525. The molecule has 0 aromatic heterocycles. The van der Waals surface area contributed by atoms with Gasteiger partial charge in [-0.25, -0.2) is 0 Å². The molecule has 0 aromatic carbocycles. The Morgan fingerprint density at radius 3 is 2.42 bits per heavy atom. The molecule has 12 heavy (non-hydrogen) atoms. The summed E-state index contributed by atoms with van der Waals surface area (Å²) in [7, 11) is 0. The molecule has 0 rings (SSSR count). The maximum Gasteiger partial charge on any atom is 0.110 e. The Kier molecular flexibility index (Phi) is 4.78. The van der Waals surface area contributed by atoms with Gasteiger partial charge in [-0.3, -0.25) is 5.41 Å². The van der Waals surface area contributed by atoms with E-state index in [-0.39, 0.29) is 17.0 Å². The fourth-order valence-corrected chi connectivity index (χ4v) is 0.767. The zero-order valence-electron chi connectivity index (χ0n) is 7.82. The van der Waals surface area contributed by atoms with Crippen molar-refractivity contribution in [1.29, 1.82) is 5.41 Å². The van der Waals surface area contributed by atoms with E-state index >= 15 is 0 Å². The molecule has 1 unspecified atom stereocenters. The lowest BCUT2D eigenvalue weighted by atomic mass is 10.1. The van der Waals surface area contributed by atoms with Crippen molar-refractivity contribution in [1.82, 2.24) is 5.32 Å². The summed E-state index contributed by atoms with van der Waals surface area (Å²) in [5.74, 6) is 0.406. The largest absolute Gasteiger partial charge is 0.394 e. The summed E-state index contributed by atoms with van der Waals surface area (Å²) < 4.78 is -0.338. The van der Waals surface area contributed by atoms with Gasteiger partial charge in [0.1, 0.15) is 5.84 Å². The highest BCUT2D eigenvalue weighted by Gasteiger charge is 2.21. The standard InChI is InChI=1S/C8H17BrN2O/c1-4-6(5-12)11-7(10)8(2,3)9/h6,12H,4-5H2,1-3H3,(H2,10,11). The maximum atomic E-state index is 8.87. The predicted molar refractivity (Wildman–Crippen MR) is 55.0 cm³/mol. The van der Waals surface area contributed by atoms with Crippen molar-refractivity contribution < 1.29 is 5.11 Å². The van der Waals surface area contributed by atoms with Gasteiger partial charge in [0.05, 0.1) is 17.0 Å². The molecule has 72 valence electrons. The first kappa shape index (κ1) is 11.9. The first-order chi connectivity index (χ1) is 5.41. The molecule has 4 heteroatoms. The molecular weight excluding hydrogens is 220 g/mol. The van der Waals surface area contributed by atoms with Crippen LogP contribution in [0.3, 0.4) is 0 Å². The summed E-state index contributed by atoms with van der Waals surface area (Å²) in [6.07, 6.45) is 0.821. The van der Waals surface area contributed by atoms with E-state index in [1.807, 2.05) is 20.8 Å². The minimum Gasteiger partial charge on any atom is -0.394 e. The Morgan fingerprint density at radius 1 is 1.67 bits per heavy atom. The van der Waals surface area contributed by atoms with Crippen LogP contribution < -0.4 is 5.32 Å². The van der Waals surface area contributed by atoms with Crippen LogP contribution in [0.4, 0.5) is 0 Å². The Morgan fingerprint density at radius 2 is 2.17 bits per heavy atom. The average Bonchev–Trinajstić information content (AvgIpc) is 1.97. The van der Waals surface area contributed by atoms with Crippen molar-refractivity contribution in [2.24, 2.45) is 0 Å². The highest BCUT2D eigenvalue weighted by atomic mass is 79.9. The first-order valence-corrected chi connectivity index (χ1v) is 4.86. The molecule has 0 aromatic rings. The van der Waals surface area contributed by atoms with E-state index in [0.29, 0.717) is 5.84 Å².